The van der Waals surface area contributed by atoms with Gasteiger partial charge < -0.3 is 9.30 Å². The van der Waals surface area contributed by atoms with Gasteiger partial charge in [0.25, 0.3) is 5.56 Å². The van der Waals surface area contributed by atoms with Gasteiger partial charge in [-0.15, -0.1) is 0 Å². The number of sulfonamides is 1. The Morgan fingerprint density at radius 3 is 2.50 bits per heavy atom. The van der Waals surface area contributed by atoms with Crippen molar-refractivity contribution in [3.8, 4) is 5.75 Å². The van der Waals surface area contributed by atoms with E-state index in [1.165, 1.54) is 37.0 Å². The Morgan fingerprint density at radius 1 is 1.17 bits per heavy atom. The van der Waals surface area contributed by atoms with Crippen molar-refractivity contribution in [1.82, 2.24) is 8.87 Å². The number of nitrogens with zero attached hydrogens (tertiary/aromatic N) is 2. The van der Waals surface area contributed by atoms with E-state index in [1.54, 1.807) is 18.2 Å². The predicted octanol–water partition coefficient (Wildman–Crippen LogP) is 2.48. The molecule has 1 aromatic heterocycles. The first-order chi connectivity index (χ1) is 11.2. The largest absolute Gasteiger partial charge is 0.490 e. The summed E-state index contributed by atoms with van der Waals surface area (Å²) in [6.45, 7) is 0.321. The summed E-state index contributed by atoms with van der Waals surface area (Å²) in [5.74, 6) is 0.436. The summed E-state index contributed by atoms with van der Waals surface area (Å²) in [7, 11) is -0.754. The van der Waals surface area contributed by atoms with Crippen LogP contribution in [0.3, 0.4) is 0 Å². The molecule has 0 saturated heterocycles. The molecule has 0 bridgehead atoms. The lowest BCUT2D eigenvalue weighted by molar-refractivity contribution is 0.296. The lowest BCUT2D eigenvalue weighted by Gasteiger charge is -2.14. The SMILES string of the molecule is CN(C)S(=O)(=O)c1ccc(=O)n(CCOc2ccc(Cl)cc2Cl)c1. The summed E-state index contributed by atoms with van der Waals surface area (Å²) >= 11 is 11.8. The molecule has 1 aromatic carbocycles. The van der Waals surface area contributed by atoms with Crippen LogP contribution in [0.25, 0.3) is 0 Å². The second-order valence-electron chi connectivity index (χ2n) is 5.11. The third kappa shape index (κ3) is 4.30. The van der Waals surface area contributed by atoms with Crippen molar-refractivity contribution in [1.29, 1.82) is 0 Å². The fourth-order valence-electron chi connectivity index (χ4n) is 1.89. The highest BCUT2D eigenvalue weighted by atomic mass is 35.5. The van der Waals surface area contributed by atoms with E-state index in [0.717, 1.165) is 4.31 Å². The Balaban J connectivity index is 2.14. The van der Waals surface area contributed by atoms with Crippen LogP contribution in [0.5, 0.6) is 5.75 Å². The number of hydrogen-bond donors (Lipinski definition) is 0. The number of pyridine rings is 1. The molecule has 6 nitrogen and oxygen atoms in total. The highest BCUT2D eigenvalue weighted by molar-refractivity contribution is 7.89. The van der Waals surface area contributed by atoms with Gasteiger partial charge in [0.1, 0.15) is 12.4 Å². The molecule has 0 aliphatic heterocycles. The highest BCUT2D eigenvalue weighted by Crippen LogP contribution is 2.27. The molecule has 24 heavy (non-hydrogen) atoms. The lowest BCUT2D eigenvalue weighted by atomic mass is 10.3. The van der Waals surface area contributed by atoms with Crippen molar-refractivity contribution in [2.45, 2.75) is 11.4 Å². The minimum absolute atomic E-state index is 0.0385. The van der Waals surface area contributed by atoms with Gasteiger partial charge in [0, 0.05) is 31.4 Å². The van der Waals surface area contributed by atoms with E-state index in [2.05, 4.69) is 0 Å². The zero-order valence-corrected chi connectivity index (χ0v) is 15.4. The molecular weight excluding hydrogens is 375 g/mol. The molecule has 0 aliphatic rings. The summed E-state index contributed by atoms with van der Waals surface area (Å²) in [4.78, 5) is 11.9. The monoisotopic (exact) mass is 390 g/mol. The van der Waals surface area contributed by atoms with Gasteiger partial charge in [-0.3, -0.25) is 4.79 Å². The minimum atomic E-state index is -3.61. The molecule has 0 radical (unpaired) electrons. The topological polar surface area (TPSA) is 68.6 Å². The first kappa shape index (κ1) is 18.8. The van der Waals surface area contributed by atoms with Crippen LogP contribution >= 0.6 is 23.2 Å². The molecule has 0 fully saturated rings. The van der Waals surface area contributed by atoms with Crippen LogP contribution in [0.15, 0.2) is 46.2 Å². The second kappa shape index (κ2) is 7.57. The van der Waals surface area contributed by atoms with Gasteiger partial charge in [-0.1, -0.05) is 23.2 Å². The van der Waals surface area contributed by atoms with Crippen LogP contribution < -0.4 is 10.3 Å². The van der Waals surface area contributed by atoms with E-state index >= 15 is 0 Å². The molecule has 1 heterocycles. The van der Waals surface area contributed by atoms with E-state index in [-0.39, 0.29) is 23.6 Å². The van der Waals surface area contributed by atoms with Gasteiger partial charge in [0.15, 0.2) is 0 Å². The lowest BCUT2D eigenvalue weighted by Crippen LogP contribution is -2.27. The molecule has 2 aromatic rings. The van der Waals surface area contributed by atoms with Gasteiger partial charge in [0.05, 0.1) is 16.5 Å². The third-order valence-electron chi connectivity index (χ3n) is 3.22. The number of benzene rings is 1. The van der Waals surface area contributed by atoms with Crippen molar-refractivity contribution in [3.63, 3.8) is 0 Å². The first-order valence-corrected chi connectivity index (χ1v) is 9.12. The van der Waals surface area contributed by atoms with Crippen molar-refractivity contribution in [2.75, 3.05) is 20.7 Å². The van der Waals surface area contributed by atoms with Gasteiger partial charge in [-0.2, -0.15) is 0 Å². The molecule has 0 saturated carbocycles. The van der Waals surface area contributed by atoms with E-state index in [1.807, 2.05) is 0 Å². The number of aromatic nitrogens is 1. The number of hydrogen-bond acceptors (Lipinski definition) is 4. The summed E-state index contributed by atoms with van der Waals surface area (Å²) in [5, 5.41) is 0.851. The van der Waals surface area contributed by atoms with E-state index in [9.17, 15) is 13.2 Å². The van der Waals surface area contributed by atoms with Crippen LogP contribution in [0, 0.1) is 0 Å². The zero-order chi connectivity index (χ0) is 17.9. The van der Waals surface area contributed by atoms with Gasteiger partial charge in [-0.25, -0.2) is 12.7 Å². The van der Waals surface area contributed by atoms with Crippen molar-refractivity contribution in [3.05, 3.63) is 56.9 Å². The fourth-order valence-corrected chi connectivity index (χ4v) is 3.28. The molecule has 0 N–H and O–H groups in total. The van der Waals surface area contributed by atoms with Crippen molar-refractivity contribution < 1.29 is 13.2 Å². The summed E-state index contributed by atoms with van der Waals surface area (Å²) in [5.41, 5.74) is -0.321. The average Bonchev–Trinajstić information content (AvgIpc) is 2.50. The van der Waals surface area contributed by atoms with Gasteiger partial charge >= 0.3 is 0 Å². The standard InChI is InChI=1S/C15H16Cl2N2O4S/c1-18(2)24(21,22)12-4-6-15(20)19(10-12)7-8-23-14-5-3-11(16)9-13(14)17/h3-6,9-10H,7-8H2,1-2H3. The van der Waals surface area contributed by atoms with E-state index in [0.29, 0.717) is 15.8 Å². The summed E-state index contributed by atoms with van der Waals surface area (Å²) < 4.78 is 32.1. The molecule has 9 heteroatoms. The molecular formula is C15H16Cl2N2O4S. The van der Waals surface area contributed by atoms with Crippen LogP contribution in [-0.4, -0.2) is 38.0 Å². The van der Waals surface area contributed by atoms with Crippen LogP contribution in [-0.2, 0) is 16.6 Å². The third-order valence-corrected chi connectivity index (χ3v) is 5.55. The fraction of sp³-hybridized carbons (Fsp3) is 0.267. The zero-order valence-electron chi connectivity index (χ0n) is 13.1. The maximum atomic E-state index is 12.1. The van der Waals surface area contributed by atoms with Crippen LogP contribution in [0.1, 0.15) is 0 Å². The Morgan fingerprint density at radius 2 is 1.88 bits per heavy atom. The highest BCUT2D eigenvalue weighted by Gasteiger charge is 2.18. The van der Waals surface area contributed by atoms with Crippen LogP contribution in [0.4, 0.5) is 0 Å². The van der Waals surface area contributed by atoms with E-state index < -0.39 is 10.0 Å². The second-order valence-corrected chi connectivity index (χ2v) is 8.10. The number of ether oxygens (including phenoxy) is 1. The quantitative estimate of drug-likeness (QED) is 0.759. The molecule has 130 valence electrons. The summed E-state index contributed by atoms with van der Waals surface area (Å²) in [6, 6.07) is 7.31. The Bertz CT molecular complexity index is 895. The molecule has 0 atom stereocenters. The Labute approximate surface area is 150 Å². The van der Waals surface area contributed by atoms with Crippen molar-refractivity contribution in [2.24, 2.45) is 0 Å². The normalized spacial score (nSPS) is 11.7. The number of rotatable bonds is 6. The first-order valence-electron chi connectivity index (χ1n) is 6.92. The smallest absolute Gasteiger partial charge is 0.250 e. The van der Waals surface area contributed by atoms with Gasteiger partial charge in [-0.05, 0) is 24.3 Å². The Hall–Kier alpha value is -1.54. The molecule has 0 amide bonds. The molecule has 0 aliphatic carbocycles. The number of halogens is 2. The average molecular weight is 391 g/mol. The minimum Gasteiger partial charge on any atom is -0.490 e. The maximum Gasteiger partial charge on any atom is 0.250 e. The maximum absolute atomic E-state index is 12.1. The van der Waals surface area contributed by atoms with Gasteiger partial charge in [0.2, 0.25) is 10.0 Å². The molecule has 2 rings (SSSR count). The Kier molecular flexibility index (Phi) is 5.92. The molecule has 0 unspecified atom stereocenters. The van der Waals surface area contributed by atoms with Crippen molar-refractivity contribution >= 4 is 33.2 Å². The summed E-state index contributed by atoms with van der Waals surface area (Å²) in [6.07, 6.45) is 1.30. The molecule has 0 spiro atoms. The van der Waals surface area contributed by atoms with E-state index in [4.69, 9.17) is 27.9 Å². The predicted molar refractivity (Wildman–Crippen MR) is 93.5 cm³/mol. The van der Waals surface area contributed by atoms with Crippen LogP contribution in [0.2, 0.25) is 10.0 Å².